The first kappa shape index (κ1) is 8.08. The van der Waals surface area contributed by atoms with Gasteiger partial charge in [0.05, 0.1) is 0 Å². The molecule has 0 aromatic rings. The number of hydrogen-bond donors (Lipinski definition) is 1. The van der Waals surface area contributed by atoms with Crippen LogP contribution >= 0.6 is 0 Å². The number of allylic oxidation sites excluding steroid dienone is 1. The van der Waals surface area contributed by atoms with Crippen LogP contribution in [-0.2, 0) is 4.74 Å². The number of rotatable bonds is 3. The quantitative estimate of drug-likeness (QED) is 0.632. The van der Waals surface area contributed by atoms with Crippen LogP contribution in [0.1, 0.15) is 20.3 Å². The van der Waals surface area contributed by atoms with Gasteiger partial charge in [-0.2, -0.15) is 0 Å². The van der Waals surface area contributed by atoms with Crippen LogP contribution in [0.25, 0.3) is 0 Å². The molecule has 0 spiro atoms. The summed E-state index contributed by atoms with van der Waals surface area (Å²) >= 11 is 0. The van der Waals surface area contributed by atoms with Crippen molar-refractivity contribution in [2.45, 2.75) is 32.7 Å². The molecule has 0 aromatic heterocycles. The van der Waals surface area contributed by atoms with Crippen molar-refractivity contribution in [2.75, 3.05) is 13.1 Å². The molecule has 0 amide bonds. The van der Waals surface area contributed by atoms with Crippen LogP contribution in [0.2, 0.25) is 0 Å². The van der Waals surface area contributed by atoms with E-state index in [1.165, 1.54) is 24.4 Å². The normalized spacial score (nSPS) is 34.8. The van der Waals surface area contributed by atoms with Crippen molar-refractivity contribution in [3.8, 4) is 0 Å². The zero-order valence-electron chi connectivity index (χ0n) is 7.58. The number of epoxide rings is 1. The van der Waals surface area contributed by atoms with Crippen molar-refractivity contribution >= 4 is 0 Å². The minimum absolute atomic E-state index is 0.0694. The molecule has 1 N–H and O–H groups in total. The summed E-state index contributed by atoms with van der Waals surface area (Å²) in [6.45, 7) is 6.63. The highest BCUT2D eigenvalue weighted by Gasteiger charge is 2.37. The third-order valence-corrected chi connectivity index (χ3v) is 2.60. The summed E-state index contributed by atoms with van der Waals surface area (Å²) in [6, 6.07) is 0. The van der Waals surface area contributed by atoms with Crippen LogP contribution in [0.3, 0.4) is 0 Å². The zero-order valence-corrected chi connectivity index (χ0v) is 7.58. The molecule has 2 heterocycles. The molecule has 3 heteroatoms. The highest BCUT2D eigenvalue weighted by atomic mass is 16.7. The molecular weight excluding hydrogens is 154 g/mol. The Morgan fingerprint density at radius 2 is 2.08 bits per heavy atom. The van der Waals surface area contributed by atoms with E-state index in [0.717, 1.165) is 6.42 Å². The fourth-order valence-electron chi connectivity index (χ4n) is 1.39. The maximum Gasteiger partial charge on any atom is 0.182 e. The van der Waals surface area contributed by atoms with Gasteiger partial charge in [-0.05, 0) is 13.8 Å². The molecule has 68 valence electrons. The highest BCUT2D eigenvalue weighted by Crippen LogP contribution is 2.28. The van der Waals surface area contributed by atoms with Crippen molar-refractivity contribution in [3.63, 3.8) is 0 Å². The topological polar surface area (TPSA) is 35.8 Å². The van der Waals surface area contributed by atoms with Gasteiger partial charge >= 0.3 is 0 Å². The number of nitrogens with zero attached hydrogens (tertiary/aromatic N) is 1. The second-order valence-electron chi connectivity index (χ2n) is 3.62. The van der Waals surface area contributed by atoms with Gasteiger partial charge in [0.15, 0.2) is 6.29 Å². The molecule has 0 saturated carbocycles. The third-order valence-electron chi connectivity index (χ3n) is 2.60. The van der Waals surface area contributed by atoms with Gasteiger partial charge in [0.2, 0.25) is 0 Å². The summed E-state index contributed by atoms with van der Waals surface area (Å²) < 4.78 is 4.94. The molecule has 0 bridgehead atoms. The maximum absolute atomic E-state index is 8.95. The number of aliphatic hydroxyl groups is 1. The van der Waals surface area contributed by atoms with E-state index in [1.807, 2.05) is 0 Å². The third kappa shape index (κ3) is 1.62. The molecule has 2 aliphatic rings. The van der Waals surface area contributed by atoms with Crippen LogP contribution < -0.4 is 0 Å². The number of aliphatic hydroxyl groups excluding tert-OH is 1. The fraction of sp³-hybridized carbons (Fsp3) is 0.778. The van der Waals surface area contributed by atoms with E-state index in [9.17, 15) is 0 Å². The van der Waals surface area contributed by atoms with Gasteiger partial charge in [-0.25, -0.2) is 0 Å². The van der Waals surface area contributed by atoms with Crippen LogP contribution in [0.15, 0.2) is 11.3 Å². The second kappa shape index (κ2) is 2.75. The van der Waals surface area contributed by atoms with Crippen molar-refractivity contribution in [2.24, 2.45) is 0 Å². The minimum atomic E-state index is -0.498. The lowest BCUT2D eigenvalue weighted by atomic mass is 10.1. The van der Waals surface area contributed by atoms with Crippen LogP contribution in [0.4, 0.5) is 0 Å². The van der Waals surface area contributed by atoms with E-state index in [1.54, 1.807) is 0 Å². The summed E-state index contributed by atoms with van der Waals surface area (Å²) in [5.41, 5.74) is 2.70. The van der Waals surface area contributed by atoms with Crippen molar-refractivity contribution in [1.29, 1.82) is 0 Å². The van der Waals surface area contributed by atoms with Crippen LogP contribution in [0.5, 0.6) is 0 Å². The molecule has 2 fully saturated rings. The lowest BCUT2D eigenvalue weighted by Gasteiger charge is -2.06. The Morgan fingerprint density at radius 3 is 2.50 bits per heavy atom. The second-order valence-corrected chi connectivity index (χ2v) is 3.62. The predicted molar refractivity (Wildman–Crippen MR) is 45.4 cm³/mol. The molecule has 2 rings (SSSR count). The Hall–Kier alpha value is -0.540. The first-order chi connectivity index (χ1) is 5.68. The van der Waals surface area contributed by atoms with Crippen LogP contribution in [-0.4, -0.2) is 35.5 Å². The standard InChI is InChI=1S/C9H15NO2/c1-6(5-8-9(11)12-8)7(2)10-3-4-10/h8-9,11H,3-5H2,1-2H3. The molecule has 2 atom stereocenters. The Balaban J connectivity index is 1.88. The Bertz CT molecular complexity index is 221. The highest BCUT2D eigenvalue weighted by molar-refractivity contribution is 5.14. The zero-order chi connectivity index (χ0) is 8.72. The molecular formula is C9H15NO2. The summed E-state index contributed by atoms with van der Waals surface area (Å²) in [7, 11) is 0. The van der Waals surface area contributed by atoms with Crippen molar-refractivity contribution in [3.05, 3.63) is 11.3 Å². The van der Waals surface area contributed by atoms with E-state index < -0.39 is 6.29 Å². The molecule has 2 saturated heterocycles. The van der Waals surface area contributed by atoms with Gasteiger partial charge in [0.25, 0.3) is 0 Å². The summed E-state index contributed by atoms with van der Waals surface area (Å²) in [5, 5.41) is 8.95. The Morgan fingerprint density at radius 1 is 1.50 bits per heavy atom. The molecule has 2 aliphatic heterocycles. The van der Waals surface area contributed by atoms with E-state index in [-0.39, 0.29) is 6.10 Å². The van der Waals surface area contributed by atoms with Gasteiger partial charge in [0, 0.05) is 25.2 Å². The van der Waals surface area contributed by atoms with Crippen molar-refractivity contribution in [1.82, 2.24) is 4.90 Å². The lowest BCUT2D eigenvalue weighted by molar-refractivity contribution is 0.156. The maximum atomic E-state index is 8.95. The van der Waals surface area contributed by atoms with Crippen LogP contribution in [0, 0.1) is 0 Å². The van der Waals surface area contributed by atoms with E-state index in [4.69, 9.17) is 9.84 Å². The fourth-order valence-corrected chi connectivity index (χ4v) is 1.39. The predicted octanol–water partition coefficient (Wildman–Crippen LogP) is 0.703. The monoisotopic (exact) mass is 169 g/mol. The van der Waals surface area contributed by atoms with E-state index in [2.05, 4.69) is 18.7 Å². The molecule has 12 heavy (non-hydrogen) atoms. The summed E-state index contributed by atoms with van der Waals surface area (Å²) in [4.78, 5) is 2.32. The summed E-state index contributed by atoms with van der Waals surface area (Å²) in [6.07, 6.45) is 0.450. The van der Waals surface area contributed by atoms with Crippen molar-refractivity contribution < 1.29 is 9.84 Å². The first-order valence-corrected chi connectivity index (χ1v) is 4.43. The largest absolute Gasteiger partial charge is 0.372 e. The van der Waals surface area contributed by atoms with Gasteiger partial charge in [-0.15, -0.1) is 0 Å². The molecule has 0 aliphatic carbocycles. The van der Waals surface area contributed by atoms with Gasteiger partial charge in [-0.1, -0.05) is 5.57 Å². The average molecular weight is 169 g/mol. The Labute approximate surface area is 72.6 Å². The van der Waals surface area contributed by atoms with Gasteiger partial charge in [0.1, 0.15) is 6.10 Å². The smallest absolute Gasteiger partial charge is 0.182 e. The number of hydrogen-bond acceptors (Lipinski definition) is 3. The number of ether oxygens (including phenoxy) is 1. The first-order valence-electron chi connectivity index (χ1n) is 4.43. The van der Waals surface area contributed by atoms with Gasteiger partial charge < -0.3 is 14.7 Å². The lowest BCUT2D eigenvalue weighted by Crippen LogP contribution is -2.00. The van der Waals surface area contributed by atoms with E-state index in [0.29, 0.717) is 0 Å². The van der Waals surface area contributed by atoms with Gasteiger partial charge in [-0.3, -0.25) is 0 Å². The molecule has 0 radical (unpaired) electrons. The Kier molecular flexibility index (Phi) is 1.85. The average Bonchev–Trinajstić information content (AvgIpc) is 2.86. The van der Waals surface area contributed by atoms with E-state index >= 15 is 0 Å². The molecule has 0 aromatic carbocycles. The molecule has 3 nitrogen and oxygen atoms in total. The minimum Gasteiger partial charge on any atom is -0.372 e. The molecule has 2 unspecified atom stereocenters. The summed E-state index contributed by atoms with van der Waals surface area (Å²) in [5.74, 6) is 0. The SMILES string of the molecule is CC(CC1OC1O)=C(C)N1CC1.